The minimum Gasteiger partial charge on any atom is -0.367 e. The minimum atomic E-state index is 0.428. The van der Waals surface area contributed by atoms with Crippen LogP contribution in [0, 0.1) is 0 Å². The molecule has 0 saturated carbocycles. The van der Waals surface area contributed by atoms with Crippen LogP contribution in [0.15, 0.2) is 34.6 Å². The third-order valence-corrected chi connectivity index (χ3v) is 5.81. The van der Waals surface area contributed by atoms with Gasteiger partial charge in [-0.05, 0) is 75.4 Å². The summed E-state index contributed by atoms with van der Waals surface area (Å²) in [5.74, 6) is 0.428. The molecular weight excluding hydrogens is 270 g/mol. The topological polar surface area (TPSA) is 20.3 Å². The van der Waals surface area contributed by atoms with Crippen LogP contribution in [0.5, 0.6) is 0 Å². The monoisotopic (exact) mass is 297 g/mol. The van der Waals surface area contributed by atoms with Crippen LogP contribution in [0.4, 0.5) is 0 Å². The lowest BCUT2D eigenvalue weighted by atomic mass is 9.81. The summed E-state index contributed by atoms with van der Waals surface area (Å²) in [6, 6.07) is 0.485. The van der Waals surface area contributed by atoms with E-state index < -0.39 is 0 Å². The predicted octanol–water partition coefficient (Wildman–Crippen LogP) is 4.68. The number of hydrogen-bond acceptors (Lipinski definition) is 2. The second-order valence-corrected chi connectivity index (χ2v) is 7.29. The molecule has 2 heterocycles. The maximum absolute atomic E-state index is 12.9. The molecule has 4 aliphatic rings. The van der Waals surface area contributed by atoms with E-state index in [2.05, 4.69) is 17.1 Å². The van der Waals surface area contributed by atoms with Crippen molar-refractivity contribution in [2.75, 3.05) is 6.54 Å². The van der Waals surface area contributed by atoms with Crippen LogP contribution in [0.2, 0.25) is 0 Å². The van der Waals surface area contributed by atoms with E-state index in [1.165, 1.54) is 68.2 Å². The van der Waals surface area contributed by atoms with Gasteiger partial charge in [0.2, 0.25) is 0 Å². The zero-order valence-electron chi connectivity index (χ0n) is 13.6. The SMILES string of the molecule is O=C1CC2CCCN2C(C2=CCCCC2)=C1C1=CCCCC1. The number of carbonyl (C=O) groups is 1. The molecule has 118 valence electrons. The Labute approximate surface area is 134 Å². The molecule has 2 heteroatoms. The summed E-state index contributed by atoms with van der Waals surface area (Å²) in [5.41, 5.74) is 5.31. The highest BCUT2D eigenvalue weighted by Crippen LogP contribution is 2.42. The molecule has 4 rings (SSSR count). The molecule has 2 aliphatic heterocycles. The second-order valence-electron chi connectivity index (χ2n) is 7.29. The van der Waals surface area contributed by atoms with Crippen molar-refractivity contribution in [1.29, 1.82) is 0 Å². The highest BCUT2D eigenvalue weighted by atomic mass is 16.1. The van der Waals surface area contributed by atoms with Gasteiger partial charge in [-0.2, -0.15) is 0 Å². The van der Waals surface area contributed by atoms with Crippen LogP contribution in [0.1, 0.15) is 70.6 Å². The average Bonchev–Trinajstić information content (AvgIpc) is 3.03. The van der Waals surface area contributed by atoms with Gasteiger partial charge in [0.05, 0.1) is 5.70 Å². The molecule has 0 aromatic carbocycles. The molecule has 2 nitrogen and oxygen atoms in total. The third kappa shape index (κ3) is 2.47. The van der Waals surface area contributed by atoms with E-state index in [1.807, 2.05) is 0 Å². The van der Waals surface area contributed by atoms with Crippen LogP contribution in [0.25, 0.3) is 0 Å². The van der Waals surface area contributed by atoms with Crippen LogP contribution in [-0.4, -0.2) is 23.3 Å². The molecule has 0 amide bonds. The van der Waals surface area contributed by atoms with Crippen molar-refractivity contribution in [3.63, 3.8) is 0 Å². The van der Waals surface area contributed by atoms with E-state index in [0.29, 0.717) is 11.8 Å². The van der Waals surface area contributed by atoms with Crippen molar-refractivity contribution in [1.82, 2.24) is 4.90 Å². The molecular formula is C20H27NO. The smallest absolute Gasteiger partial charge is 0.167 e. The summed E-state index contributed by atoms with van der Waals surface area (Å²) < 4.78 is 0. The Morgan fingerprint density at radius 3 is 2.32 bits per heavy atom. The van der Waals surface area contributed by atoms with Crippen molar-refractivity contribution in [3.8, 4) is 0 Å². The Hall–Kier alpha value is -1.31. The average molecular weight is 297 g/mol. The molecule has 0 aromatic heterocycles. The minimum absolute atomic E-state index is 0.428. The Balaban J connectivity index is 1.83. The molecule has 22 heavy (non-hydrogen) atoms. The number of Topliss-reactive ketones (excluding diaryl/α,β-unsaturated/α-hetero) is 1. The quantitative estimate of drug-likeness (QED) is 0.737. The summed E-state index contributed by atoms with van der Waals surface area (Å²) in [6.07, 6.45) is 17.7. The third-order valence-electron chi connectivity index (χ3n) is 5.81. The van der Waals surface area contributed by atoms with Crippen molar-refractivity contribution in [2.45, 2.75) is 76.7 Å². The van der Waals surface area contributed by atoms with Gasteiger partial charge >= 0.3 is 0 Å². The molecule has 0 spiro atoms. The number of carbonyl (C=O) groups excluding carboxylic acids is 1. The zero-order chi connectivity index (χ0) is 14.9. The first-order chi connectivity index (χ1) is 10.8. The molecule has 1 fully saturated rings. The number of ketones is 1. The first-order valence-electron chi connectivity index (χ1n) is 9.27. The fourth-order valence-electron chi connectivity index (χ4n) is 4.73. The maximum atomic E-state index is 12.9. The summed E-state index contributed by atoms with van der Waals surface area (Å²) in [4.78, 5) is 15.5. The van der Waals surface area contributed by atoms with Gasteiger partial charge in [-0.25, -0.2) is 0 Å². The number of allylic oxidation sites excluding steroid dienone is 5. The number of nitrogens with zero attached hydrogens (tertiary/aromatic N) is 1. The molecule has 1 saturated heterocycles. The van der Waals surface area contributed by atoms with Gasteiger partial charge in [-0.15, -0.1) is 0 Å². The lowest BCUT2D eigenvalue weighted by molar-refractivity contribution is -0.117. The molecule has 0 N–H and O–H groups in total. The Bertz CT molecular complexity index is 566. The Kier molecular flexibility index (Phi) is 3.94. The fourth-order valence-corrected chi connectivity index (χ4v) is 4.73. The lowest BCUT2D eigenvalue weighted by Gasteiger charge is -2.38. The molecule has 0 aromatic rings. The highest BCUT2D eigenvalue weighted by molar-refractivity contribution is 6.02. The van der Waals surface area contributed by atoms with Crippen LogP contribution < -0.4 is 0 Å². The van der Waals surface area contributed by atoms with Gasteiger partial charge in [0.1, 0.15) is 0 Å². The number of rotatable bonds is 2. The summed E-state index contributed by atoms with van der Waals surface area (Å²) in [7, 11) is 0. The van der Waals surface area contributed by atoms with E-state index in [9.17, 15) is 4.79 Å². The van der Waals surface area contributed by atoms with E-state index in [0.717, 1.165) is 31.4 Å². The maximum Gasteiger partial charge on any atom is 0.167 e. The highest BCUT2D eigenvalue weighted by Gasteiger charge is 2.38. The molecule has 1 unspecified atom stereocenters. The standard InChI is InChI=1S/C20H27NO/c22-18-14-17-12-7-13-21(17)20(16-10-5-2-6-11-16)19(18)15-8-3-1-4-9-15/h8,10,17H,1-7,9,11-14H2. The van der Waals surface area contributed by atoms with Crippen molar-refractivity contribution in [2.24, 2.45) is 0 Å². The van der Waals surface area contributed by atoms with Gasteiger partial charge in [-0.1, -0.05) is 12.2 Å². The van der Waals surface area contributed by atoms with E-state index >= 15 is 0 Å². The van der Waals surface area contributed by atoms with E-state index in [1.54, 1.807) is 0 Å². The first kappa shape index (κ1) is 14.3. The van der Waals surface area contributed by atoms with Crippen LogP contribution in [-0.2, 0) is 4.79 Å². The van der Waals surface area contributed by atoms with E-state index in [-0.39, 0.29) is 0 Å². The van der Waals surface area contributed by atoms with Crippen LogP contribution in [0.3, 0.4) is 0 Å². The summed E-state index contributed by atoms with van der Waals surface area (Å²) in [6.45, 7) is 1.15. The molecule has 0 bridgehead atoms. The summed E-state index contributed by atoms with van der Waals surface area (Å²) >= 11 is 0. The number of fused-ring (bicyclic) bond motifs is 1. The second kappa shape index (κ2) is 6.06. The molecule has 2 aliphatic carbocycles. The van der Waals surface area contributed by atoms with Crippen molar-refractivity contribution in [3.05, 3.63) is 34.6 Å². The van der Waals surface area contributed by atoms with Gasteiger partial charge < -0.3 is 4.90 Å². The fraction of sp³-hybridized carbons (Fsp3) is 0.650. The zero-order valence-corrected chi connectivity index (χ0v) is 13.6. The van der Waals surface area contributed by atoms with E-state index in [4.69, 9.17) is 0 Å². The Morgan fingerprint density at radius 1 is 0.909 bits per heavy atom. The summed E-state index contributed by atoms with van der Waals surface area (Å²) in [5, 5.41) is 0. The molecule has 0 radical (unpaired) electrons. The largest absolute Gasteiger partial charge is 0.367 e. The van der Waals surface area contributed by atoms with Crippen molar-refractivity contribution >= 4 is 5.78 Å². The van der Waals surface area contributed by atoms with Gasteiger partial charge in [0.15, 0.2) is 5.78 Å². The van der Waals surface area contributed by atoms with Gasteiger partial charge in [0.25, 0.3) is 0 Å². The first-order valence-corrected chi connectivity index (χ1v) is 9.27. The Morgan fingerprint density at radius 2 is 1.64 bits per heavy atom. The van der Waals surface area contributed by atoms with Gasteiger partial charge in [-0.3, -0.25) is 4.79 Å². The number of hydrogen-bond donors (Lipinski definition) is 0. The molecule has 1 atom stereocenters. The lowest BCUT2D eigenvalue weighted by Crippen LogP contribution is -2.38. The van der Waals surface area contributed by atoms with Gasteiger partial charge in [0, 0.05) is 24.6 Å². The predicted molar refractivity (Wildman–Crippen MR) is 89.5 cm³/mol. The van der Waals surface area contributed by atoms with Crippen LogP contribution >= 0.6 is 0 Å². The van der Waals surface area contributed by atoms with Crippen molar-refractivity contribution < 1.29 is 4.79 Å². The normalized spacial score (nSPS) is 29.4.